The van der Waals surface area contributed by atoms with Gasteiger partial charge in [0.1, 0.15) is 6.29 Å². The Morgan fingerprint density at radius 1 is 1.39 bits per heavy atom. The summed E-state index contributed by atoms with van der Waals surface area (Å²) in [7, 11) is 0. The minimum Gasteiger partial charge on any atom is -0.370 e. The minimum atomic E-state index is -0.665. The highest BCUT2D eigenvalue weighted by Crippen LogP contribution is 2.17. The Morgan fingerprint density at radius 2 is 2.07 bits per heavy atom. The summed E-state index contributed by atoms with van der Waals surface area (Å²) in [6.45, 7) is 4.71. The van der Waals surface area contributed by atoms with E-state index in [2.05, 4.69) is 5.32 Å². The van der Waals surface area contributed by atoms with Crippen LogP contribution in [0.4, 0.5) is 0 Å². The second kappa shape index (κ2) is 13.4. The van der Waals surface area contributed by atoms with Gasteiger partial charge in [-0.3, -0.25) is 10.2 Å². The third-order valence-corrected chi connectivity index (χ3v) is 4.35. The van der Waals surface area contributed by atoms with Crippen LogP contribution in [-0.2, 0) is 16.1 Å². The molecule has 7 nitrogen and oxygen atoms in total. The highest BCUT2D eigenvalue weighted by atomic mass is 35.5. The summed E-state index contributed by atoms with van der Waals surface area (Å²) in [5, 5.41) is 10.4. The van der Waals surface area contributed by atoms with Crippen LogP contribution in [0.3, 0.4) is 0 Å². The summed E-state index contributed by atoms with van der Waals surface area (Å²) in [6, 6.07) is 5.92. The van der Waals surface area contributed by atoms with Crippen molar-refractivity contribution in [3.63, 3.8) is 0 Å². The zero-order valence-corrected chi connectivity index (χ0v) is 17.9. The molecule has 0 spiro atoms. The van der Waals surface area contributed by atoms with Gasteiger partial charge in [0.15, 0.2) is 5.96 Å². The molecule has 1 amide bonds. The van der Waals surface area contributed by atoms with E-state index in [0.717, 1.165) is 11.8 Å². The molecule has 1 aromatic rings. The number of aldehydes is 1. The zero-order chi connectivity index (χ0) is 20.4. The van der Waals surface area contributed by atoms with Crippen molar-refractivity contribution in [2.75, 3.05) is 6.54 Å². The molecule has 0 saturated carbocycles. The standard InChI is InChI=1S/C19H30ClN5O2.ClH/c1-13(2)9-17(21)18(27)25(11-14-5-3-6-15(20)10-14)16(12-26)7-4-8-24-19(22)23;/h3,5-6,10,12-13,16-17H,4,7-9,11,21H2,1-2H3,(H4,22,23,24);1H/t16-,17-;/m0./s1. The molecule has 158 valence electrons. The molecular formula is C19H31Cl2N5O2. The van der Waals surface area contributed by atoms with Gasteiger partial charge in [0.2, 0.25) is 5.91 Å². The topological polar surface area (TPSA) is 125 Å². The molecule has 0 radical (unpaired) electrons. The number of nitrogens with zero attached hydrogens (tertiary/aromatic N) is 1. The number of nitrogens with one attached hydrogen (secondary N) is 2. The summed E-state index contributed by atoms with van der Waals surface area (Å²) in [5.74, 6) is -0.102. The highest BCUT2D eigenvalue weighted by Gasteiger charge is 2.28. The van der Waals surface area contributed by atoms with E-state index < -0.39 is 12.1 Å². The van der Waals surface area contributed by atoms with Crippen LogP contribution < -0.4 is 16.8 Å². The number of nitrogens with two attached hydrogens (primary N) is 2. The Morgan fingerprint density at radius 3 is 2.61 bits per heavy atom. The number of halogens is 2. The van der Waals surface area contributed by atoms with Crippen LogP contribution in [0.25, 0.3) is 0 Å². The predicted octanol–water partition coefficient (Wildman–Crippen LogP) is 2.29. The lowest BCUT2D eigenvalue weighted by atomic mass is 10.0. The molecule has 0 aromatic heterocycles. The lowest BCUT2D eigenvalue weighted by Crippen LogP contribution is -2.49. The van der Waals surface area contributed by atoms with Gasteiger partial charge in [0.25, 0.3) is 0 Å². The van der Waals surface area contributed by atoms with Gasteiger partial charge in [-0.15, -0.1) is 12.4 Å². The van der Waals surface area contributed by atoms with Crippen LogP contribution in [0.15, 0.2) is 24.3 Å². The fourth-order valence-electron chi connectivity index (χ4n) is 2.84. The first-order valence-corrected chi connectivity index (χ1v) is 9.46. The van der Waals surface area contributed by atoms with Gasteiger partial charge in [0, 0.05) is 18.1 Å². The predicted molar refractivity (Wildman–Crippen MR) is 116 cm³/mol. The zero-order valence-electron chi connectivity index (χ0n) is 16.4. The number of hydrogen-bond donors (Lipinski definition) is 4. The molecule has 0 aliphatic heterocycles. The van der Waals surface area contributed by atoms with Crippen molar-refractivity contribution in [1.82, 2.24) is 10.2 Å². The van der Waals surface area contributed by atoms with Crippen LogP contribution in [0, 0.1) is 11.3 Å². The SMILES string of the molecule is CC(C)C[C@H](N)C(=O)N(Cc1cccc(Cl)c1)[C@H](C=O)CCCNC(=N)N.Cl. The van der Waals surface area contributed by atoms with Crippen LogP contribution in [0.5, 0.6) is 0 Å². The molecule has 2 atom stereocenters. The Kier molecular flexibility index (Phi) is 12.5. The van der Waals surface area contributed by atoms with E-state index in [9.17, 15) is 9.59 Å². The summed E-state index contributed by atoms with van der Waals surface area (Å²) >= 11 is 6.05. The largest absolute Gasteiger partial charge is 0.370 e. The van der Waals surface area contributed by atoms with Crippen LogP contribution in [-0.4, -0.2) is 41.7 Å². The van der Waals surface area contributed by atoms with Crippen molar-refractivity contribution >= 4 is 42.2 Å². The van der Waals surface area contributed by atoms with Crippen LogP contribution in [0.1, 0.15) is 38.7 Å². The average molecular weight is 432 g/mol. The normalized spacial score (nSPS) is 12.6. The summed E-state index contributed by atoms with van der Waals surface area (Å²) in [4.78, 5) is 26.2. The lowest BCUT2D eigenvalue weighted by molar-refractivity contribution is -0.138. The number of carbonyl (C=O) groups is 2. The van der Waals surface area contributed by atoms with Crippen molar-refractivity contribution in [2.24, 2.45) is 17.4 Å². The Labute approximate surface area is 178 Å². The van der Waals surface area contributed by atoms with Crippen molar-refractivity contribution < 1.29 is 9.59 Å². The first kappa shape index (κ1) is 26.2. The number of rotatable bonds is 11. The summed E-state index contributed by atoms with van der Waals surface area (Å²) in [5.41, 5.74) is 12.2. The van der Waals surface area contributed by atoms with Crippen molar-refractivity contribution in [1.29, 1.82) is 5.41 Å². The van der Waals surface area contributed by atoms with Crippen molar-refractivity contribution in [2.45, 2.75) is 51.7 Å². The summed E-state index contributed by atoms with van der Waals surface area (Å²) in [6.07, 6.45) is 2.35. The highest BCUT2D eigenvalue weighted by molar-refractivity contribution is 6.30. The molecule has 0 fully saturated rings. The Hall–Kier alpha value is -1.83. The molecule has 0 aliphatic carbocycles. The maximum absolute atomic E-state index is 12.9. The molecular weight excluding hydrogens is 401 g/mol. The van der Waals surface area contributed by atoms with Gasteiger partial charge in [-0.25, -0.2) is 0 Å². The maximum Gasteiger partial charge on any atom is 0.240 e. The number of benzene rings is 1. The molecule has 0 aliphatic rings. The third-order valence-electron chi connectivity index (χ3n) is 4.12. The molecule has 1 aromatic carbocycles. The number of hydrogen-bond acceptors (Lipinski definition) is 4. The maximum atomic E-state index is 12.9. The third kappa shape index (κ3) is 9.39. The number of guanidine groups is 1. The van der Waals surface area contributed by atoms with Gasteiger partial charge < -0.3 is 26.5 Å². The molecule has 6 N–H and O–H groups in total. The van der Waals surface area contributed by atoms with Gasteiger partial charge in [-0.2, -0.15) is 0 Å². The second-order valence-electron chi connectivity index (χ2n) is 7.02. The van der Waals surface area contributed by atoms with Gasteiger partial charge in [-0.05, 0) is 42.9 Å². The number of carbonyl (C=O) groups excluding carboxylic acids is 2. The van der Waals surface area contributed by atoms with Crippen molar-refractivity contribution in [3.05, 3.63) is 34.9 Å². The van der Waals surface area contributed by atoms with Gasteiger partial charge >= 0.3 is 0 Å². The van der Waals surface area contributed by atoms with Gasteiger partial charge in [0.05, 0.1) is 12.1 Å². The molecule has 0 unspecified atom stereocenters. The quantitative estimate of drug-likeness (QED) is 0.185. The average Bonchev–Trinajstić information content (AvgIpc) is 2.59. The molecule has 0 heterocycles. The van der Waals surface area contributed by atoms with E-state index in [0.29, 0.717) is 30.8 Å². The molecule has 1 rings (SSSR count). The number of amides is 1. The second-order valence-corrected chi connectivity index (χ2v) is 7.45. The van der Waals surface area contributed by atoms with Crippen molar-refractivity contribution in [3.8, 4) is 0 Å². The van der Waals surface area contributed by atoms with E-state index in [-0.39, 0.29) is 36.7 Å². The van der Waals surface area contributed by atoms with E-state index in [1.54, 1.807) is 18.2 Å². The fraction of sp³-hybridized carbons (Fsp3) is 0.526. The van der Waals surface area contributed by atoms with E-state index in [1.807, 2.05) is 19.9 Å². The Balaban J connectivity index is 0.00000729. The molecule has 9 heteroatoms. The smallest absolute Gasteiger partial charge is 0.240 e. The van der Waals surface area contributed by atoms with Gasteiger partial charge in [-0.1, -0.05) is 37.6 Å². The fourth-order valence-corrected chi connectivity index (χ4v) is 3.06. The minimum absolute atomic E-state index is 0. The summed E-state index contributed by atoms with van der Waals surface area (Å²) < 4.78 is 0. The van der Waals surface area contributed by atoms with Crippen LogP contribution in [0.2, 0.25) is 5.02 Å². The lowest BCUT2D eigenvalue weighted by Gasteiger charge is -2.31. The Bertz CT molecular complexity index is 643. The van der Waals surface area contributed by atoms with E-state index in [4.69, 9.17) is 28.5 Å². The first-order chi connectivity index (χ1) is 12.7. The van der Waals surface area contributed by atoms with E-state index >= 15 is 0 Å². The molecule has 0 saturated heterocycles. The molecule has 0 bridgehead atoms. The first-order valence-electron chi connectivity index (χ1n) is 9.08. The molecule has 28 heavy (non-hydrogen) atoms. The van der Waals surface area contributed by atoms with E-state index in [1.165, 1.54) is 4.90 Å². The monoisotopic (exact) mass is 431 g/mol. The van der Waals surface area contributed by atoms with Crippen LogP contribution >= 0.6 is 24.0 Å².